The highest BCUT2D eigenvalue weighted by Crippen LogP contribution is 2.14. The molecular weight excluding hydrogens is 841 g/mol. The van der Waals surface area contributed by atoms with Gasteiger partial charge in [-0.05, 0) is 116 Å². The average molecular weight is 946 g/mol. The van der Waals surface area contributed by atoms with Crippen LogP contribution in [0.2, 0.25) is 0 Å². The molecule has 0 amide bonds. The molecule has 6 nitrogen and oxygen atoms in total. The maximum Gasteiger partial charge on any atom is 0.306 e. The van der Waals surface area contributed by atoms with Crippen LogP contribution in [0.4, 0.5) is 0 Å². The standard InChI is InChI=1S/C62H104O6/c1-4-7-10-13-16-19-22-25-28-30-31-33-34-37-40-43-46-49-52-55-61(64)67-58-59(57-66-60(63)54-51-48-45-42-39-36-27-24-21-18-15-12-9-6-3)68-62(65)56-53-50-47-44-41-38-35-32-29-26-23-20-17-14-11-8-5-2/h15-20,24-29,35,38,44,47,59H,4-14,21-23,30-34,36-37,39-43,45-46,48-58H2,1-3H3/b18-15-,19-16-,20-17-,27-24-,28-25-,29-26-,38-35-,47-44-/t59-/m1/s1. The van der Waals surface area contributed by atoms with Gasteiger partial charge in [-0.15, -0.1) is 0 Å². The van der Waals surface area contributed by atoms with E-state index in [1.54, 1.807) is 0 Å². The first-order valence-electron chi connectivity index (χ1n) is 28.2. The highest BCUT2D eigenvalue weighted by atomic mass is 16.6. The van der Waals surface area contributed by atoms with Gasteiger partial charge in [0.2, 0.25) is 0 Å². The molecule has 0 N–H and O–H groups in total. The largest absolute Gasteiger partial charge is 0.462 e. The van der Waals surface area contributed by atoms with Crippen molar-refractivity contribution in [3.05, 3.63) is 97.2 Å². The molecule has 0 saturated carbocycles. The maximum atomic E-state index is 12.8. The third-order valence-corrected chi connectivity index (χ3v) is 11.8. The van der Waals surface area contributed by atoms with Crippen LogP contribution in [-0.2, 0) is 28.6 Å². The van der Waals surface area contributed by atoms with Crippen LogP contribution in [0.3, 0.4) is 0 Å². The van der Waals surface area contributed by atoms with Gasteiger partial charge in [0.25, 0.3) is 0 Å². The summed E-state index contributed by atoms with van der Waals surface area (Å²) in [4.78, 5) is 38.1. The molecule has 0 saturated heterocycles. The minimum atomic E-state index is -0.815. The highest BCUT2D eigenvalue weighted by Gasteiger charge is 2.19. The molecule has 68 heavy (non-hydrogen) atoms. The van der Waals surface area contributed by atoms with Gasteiger partial charge in [0.1, 0.15) is 13.2 Å². The number of unbranched alkanes of at least 4 members (excludes halogenated alkanes) is 23. The summed E-state index contributed by atoms with van der Waals surface area (Å²) in [6, 6.07) is 0. The Morgan fingerprint density at radius 1 is 0.294 bits per heavy atom. The second-order valence-corrected chi connectivity index (χ2v) is 18.5. The van der Waals surface area contributed by atoms with Crippen LogP contribution in [0.15, 0.2) is 97.2 Å². The summed E-state index contributed by atoms with van der Waals surface area (Å²) in [7, 11) is 0. The van der Waals surface area contributed by atoms with E-state index in [9.17, 15) is 14.4 Å². The molecule has 388 valence electrons. The topological polar surface area (TPSA) is 78.9 Å². The lowest BCUT2D eigenvalue weighted by Crippen LogP contribution is -2.30. The number of rotatable bonds is 50. The van der Waals surface area contributed by atoms with Crippen molar-refractivity contribution < 1.29 is 28.6 Å². The first-order chi connectivity index (χ1) is 33.5. The zero-order valence-corrected chi connectivity index (χ0v) is 44.3. The number of esters is 3. The van der Waals surface area contributed by atoms with Crippen LogP contribution in [0, 0.1) is 0 Å². The van der Waals surface area contributed by atoms with Crippen molar-refractivity contribution in [3.63, 3.8) is 0 Å². The summed E-state index contributed by atoms with van der Waals surface area (Å²) in [5.74, 6) is -0.980. The molecule has 0 radical (unpaired) electrons. The lowest BCUT2D eigenvalue weighted by Gasteiger charge is -2.18. The molecule has 0 aromatic rings. The number of hydrogen-bond acceptors (Lipinski definition) is 6. The Morgan fingerprint density at radius 2 is 0.559 bits per heavy atom. The van der Waals surface area contributed by atoms with E-state index in [-0.39, 0.29) is 37.5 Å². The minimum Gasteiger partial charge on any atom is -0.462 e. The van der Waals surface area contributed by atoms with Gasteiger partial charge in [0, 0.05) is 19.3 Å². The van der Waals surface area contributed by atoms with Gasteiger partial charge in [-0.2, -0.15) is 0 Å². The first-order valence-corrected chi connectivity index (χ1v) is 28.2. The van der Waals surface area contributed by atoms with Gasteiger partial charge in [-0.3, -0.25) is 14.4 Å². The third kappa shape index (κ3) is 53.3. The number of allylic oxidation sites excluding steroid dienone is 16. The molecule has 6 heteroatoms. The summed E-state index contributed by atoms with van der Waals surface area (Å²) in [5.41, 5.74) is 0. The maximum absolute atomic E-state index is 12.8. The van der Waals surface area contributed by atoms with E-state index in [0.29, 0.717) is 19.3 Å². The predicted octanol–water partition coefficient (Wildman–Crippen LogP) is 18.9. The fourth-order valence-electron chi connectivity index (χ4n) is 7.48. The summed E-state index contributed by atoms with van der Waals surface area (Å²) in [6.07, 6.45) is 73.9. The van der Waals surface area contributed by atoms with Gasteiger partial charge in [-0.25, -0.2) is 0 Å². The molecule has 0 rings (SSSR count). The lowest BCUT2D eigenvalue weighted by molar-refractivity contribution is -0.167. The van der Waals surface area contributed by atoms with Crippen LogP contribution < -0.4 is 0 Å². The van der Waals surface area contributed by atoms with E-state index < -0.39 is 6.10 Å². The molecule has 0 unspecified atom stereocenters. The quantitative estimate of drug-likeness (QED) is 0.0262. The molecule has 0 spiro atoms. The summed E-state index contributed by atoms with van der Waals surface area (Å²) < 4.78 is 16.8. The zero-order valence-electron chi connectivity index (χ0n) is 44.3. The molecule has 0 aromatic carbocycles. The van der Waals surface area contributed by atoms with Gasteiger partial charge in [0.05, 0.1) is 0 Å². The van der Waals surface area contributed by atoms with E-state index >= 15 is 0 Å². The lowest BCUT2D eigenvalue weighted by atomic mass is 10.1. The average Bonchev–Trinajstić information content (AvgIpc) is 3.34. The van der Waals surface area contributed by atoms with Gasteiger partial charge in [-0.1, -0.05) is 221 Å². The molecule has 0 aliphatic heterocycles. The fraction of sp³-hybridized carbons (Fsp3) is 0.694. The Balaban J connectivity index is 4.48. The zero-order chi connectivity index (χ0) is 49.3. The Hall–Kier alpha value is -3.67. The fourth-order valence-corrected chi connectivity index (χ4v) is 7.48. The number of hydrogen-bond donors (Lipinski definition) is 0. The smallest absolute Gasteiger partial charge is 0.306 e. The normalized spacial score (nSPS) is 12.8. The molecular formula is C62H104O6. The van der Waals surface area contributed by atoms with Crippen LogP contribution in [0.1, 0.15) is 258 Å². The van der Waals surface area contributed by atoms with E-state index in [0.717, 1.165) is 96.3 Å². The van der Waals surface area contributed by atoms with Crippen molar-refractivity contribution >= 4 is 17.9 Å². The molecule has 0 bridgehead atoms. The van der Waals surface area contributed by atoms with Crippen molar-refractivity contribution in [3.8, 4) is 0 Å². The van der Waals surface area contributed by atoms with Gasteiger partial charge in [0.15, 0.2) is 6.10 Å². The molecule has 1 atom stereocenters. The number of carbonyl (C=O) groups excluding carboxylic acids is 3. The van der Waals surface area contributed by atoms with E-state index in [2.05, 4.69) is 118 Å². The molecule has 0 fully saturated rings. The van der Waals surface area contributed by atoms with Crippen molar-refractivity contribution in [1.82, 2.24) is 0 Å². The number of ether oxygens (including phenoxy) is 3. The predicted molar refractivity (Wildman–Crippen MR) is 293 cm³/mol. The van der Waals surface area contributed by atoms with Gasteiger partial charge >= 0.3 is 17.9 Å². The second-order valence-electron chi connectivity index (χ2n) is 18.5. The molecule has 0 heterocycles. The van der Waals surface area contributed by atoms with Gasteiger partial charge < -0.3 is 14.2 Å². The van der Waals surface area contributed by atoms with Crippen LogP contribution in [0.25, 0.3) is 0 Å². The Labute approximate surface area is 419 Å². The van der Waals surface area contributed by atoms with E-state index in [1.165, 1.54) is 116 Å². The van der Waals surface area contributed by atoms with Crippen molar-refractivity contribution in [2.45, 2.75) is 264 Å². The van der Waals surface area contributed by atoms with Crippen LogP contribution in [0.5, 0.6) is 0 Å². The minimum absolute atomic E-state index is 0.107. The Morgan fingerprint density at radius 3 is 0.912 bits per heavy atom. The molecule has 0 aliphatic carbocycles. The Kier molecular flexibility index (Phi) is 52.9. The van der Waals surface area contributed by atoms with Crippen molar-refractivity contribution in [2.24, 2.45) is 0 Å². The van der Waals surface area contributed by atoms with Crippen LogP contribution in [-0.4, -0.2) is 37.2 Å². The second kappa shape index (κ2) is 55.9. The van der Waals surface area contributed by atoms with Crippen molar-refractivity contribution in [1.29, 1.82) is 0 Å². The monoisotopic (exact) mass is 945 g/mol. The molecule has 0 aliphatic rings. The Bertz CT molecular complexity index is 1360. The van der Waals surface area contributed by atoms with Crippen molar-refractivity contribution in [2.75, 3.05) is 13.2 Å². The van der Waals surface area contributed by atoms with Crippen LogP contribution >= 0.6 is 0 Å². The SMILES string of the molecule is CCCC/C=C\C/C=C\CCCCCCCC(=O)OC[C@H](COC(=O)CCCCCCCCCCC/C=C\C/C=C\CCCCC)OC(=O)CCC/C=C\C/C=C\C/C=C\C/C=C\CCCCC. The first kappa shape index (κ1) is 64.3. The summed E-state index contributed by atoms with van der Waals surface area (Å²) in [6.45, 7) is 6.49. The highest BCUT2D eigenvalue weighted by molar-refractivity contribution is 5.71. The third-order valence-electron chi connectivity index (χ3n) is 11.8. The summed E-state index contributed by atoms with van der Waals surface area (Å²) >= 11 is 0. The summed E-state index contributed by atoms with van der Waals surface area (Å²) in [5, 5.41) is 0. The number of carbonyl (C=O) groups is 3. The molecule has 0 aromatic heterocycles. The van der Waals surface area contributed by atoms with E-state index in [4.69, 9.17) is 14.2 Å². The van der Waals surface area contributed by atoms with E-state index in [1.807, 2.05) is 0 Å².